The Hall–Kier alpha value is -1.83. The molecular weight excluding hydrogens is 278 g/mol. The smallest absolute Gasteiger partial charge is 0.251 e. The number of aliphatic hydroxyl groups excluding tert-OH is 2. The van der Waals surface area contributed by atoms with E-state index in [1.807, 2.05) is 0 Å². The number of hydrogen-bond acceptors (Lipinski definition) is 6. The molecule has 7 nitrogen and oxygen atoms in total. The van der Waals surface area contributed by atoms with Gasteiger partial charge in [0.1, 0.15) is 12.2 Å². The lowest BCUT2D eigenvalue weighted by Gasteiger charge is -2.19. The molecule has 0 saturated carbocycles. The standard InChI is InChI=1S/C14H17NO6/c1-7-12(13(18)11(6-16)21-7)15-14(19)8-3-4-9(17)10(5-8)20-2/h1,3-5,7,11-13,16-18H,6H2,2H3,(H,15,19)/t7-,11+,12?,13-/m0/s1. The summed E-state index contributed by atoms with van der Waals surface area (Å²) in [5.74, 6) is -0.436. The van der Waals surface area contributed by atoms with Gasteiger partial charge >= 0.3 is 0 Å². The summed E-state index contributed by atoms with van der Waals surface area (Å²) >= 11 is 0. The van der Waals surface area contributed by atoms with Crippen LogP contribution in [0.2, 0.25) is 0 Å². The van der Waals surface area contributed by atoms with Crippen LogP contribution >= 0.6 is 0 Å². The van der Waals surface area contributed by atoms with E-state index in [-0.39, 0.29) is 17.1 Å². The predicted octanol–water partition coefficient (Wildman–Crippen LogP) is -0.669. The third-order valence-corrected chi connectivity index (χ3v) is 3.35. The molecule has 4 atom stereocenters. The fraction of sp³-hybridized carbons (Fsp3) is 0.429. The Balaban J connectivity index is 2.11. The fourth-order valence-corrected chi connectivity index (χ4v) is 2.16. The van der Waals surface area contributed by atoms with Gasteiger partial charge in [0.25, 0.3) is 5.91 Å². The average Bonchev–Trinajstić information content (AvgIpc) is 2.75. The van der Waals surface area contributed by atoms with Crippen LogP contribution in [0.3, 0.4) is 0 Å². The molecule has 1 aliphatic rings. The Labute approximate surface area is 122 Å². The van der Waals surface area contributed by atoms with Gasteiger partial charge in [0.15, 0.2) is 11.5 Å². The molecule has 114 valence electrons. The van der Waals surface area contributed by atoms with E-state index in [2.05, 4.69) is 5.32 Å². The first-order valence-electron chi connectivity index (χ1n) is 6.35. The molecule has 1 unspecified atom stereocenters. The van der Waals surface area contributed by atoms with Gasteiger partial charge in [0.2, 0.25) is 0 Å². The number of aliphatic hydroxyl groups is 2. The minimum absolute atomic E-state index is 0.0877. The highest BCUT2D eigenvalue weighted by molar-refractivity contribution is 5.95. The quantitative estimate of drug-likeness (QED) is 0.587. The number of hydrogen-bond donors (Lipinski definition) is 4. The molecule has 4 N–H and O–H groups in total. The predicted molar refractivity (Wildman–Crippen MR) is 72.0 cm³/mol. The normalized spacial score (nSPS) is 28.4. The van der Waals surface area contributed by atoms with Crippen LogP contribution in [0.4, 0.5) is 0 Å². The zero-order chi connectivity index (χ0) is 15.6. The molecule has 1 aromatic rings. The number of methoxy groups -OCH3 is 1. The van der Waals surface area contributed by atoms with Gasteiger partial charge < -0.3 is 30.1 Å². The number of carbonyl (C=O) groups excluding carboxylic acids is 1. The van der Waals surface area contributed by atoms with Crippen molar-refractivity contribution in [2.45, 2.75) is 24.4 Å². The lowest BCUT2D eigenvalue weighted by atomic mass is 10.0. The molecule has 1 fully saturated rings. The molecule has 1 heterocycles. The molecule has 0 aromatic heterocycles. The largest absolute Gasteiger partial charge is 0.504 e. The van der Waals surface area contributed by atoms with Crippen LogP contribution in [0.25, 0.3) is 0 Å². The first-order chi connectivity index (χ1) is 9.97. The van der Waals surface area contributed by atoms with E-state index in [9.17, 15) is 15.0 Å². The fourth-order valence-electron chi connectivity index (χ4n) is 2.16. The second kappa shape index (κ2) is 6.30. The van der Waals surface area contributed by atoms with Crippen LogP contribution in [0, 0.1) is 6.92 Å². The summed E-state index contributed by atoms with van der Waals surface area (Å²) in [6.45, 7) is 5.27. The summed E-state index contributed by atoms with van der Waals surface area (Å²) in [6.07, 6.45) is -2.85. The van der Waals surface area contributed by atoms with Crippen LogP contribution in [-0.2, 0) is 4.74 Å². The highest BCUT2D eigenvalue weighted by atomic mass is 16.5. The van der Waals surface area contributed by atoms with Gasteiger partial charge in [0, 0.05) is 5.56 Å². The van der Waals surface area contributed by atoms with E-state index in [1.54, 1.807) is 0 Å². The Morgan fingerprint density at radius 3 is 2.81 bits per heavy atom. The number of phenolic OH excluding ortho intramolecular Hbond substituents is 1. The van der Waals surface area contributed by atoms with Gasteiger partial charge in [-0.1, -0.05) is 0 Å². The molecular formula is C14H17NO6. The minimum atomic E-state index is -1.10. The summed E-state index contributed by atoms with van der Waals surface area (Å²) in [5.41, 5.74) is 0.233. The second-order valence-electron chi connectivity index (χ2n) is 4.70. The topological polar surface area (TPSA) is 108 Å². The van der Waals surface area contributed by atoms with Gasteiger partial charge in [-0.15, -0.1) is 0 Å². The van der Waals surface area contributed by atoms with Crippen molar-refractivity contribution in [3.63, 3.8) is 0 Å². The summed E-state index contributed by atoms with van der Waals surface area (Å²) in [4.78, 5) is 12.1. The molecule has 21 heavy (non-hydrogen) atoms. The molecule has 2 rings (SSSR count). The molecule has 1 amide bonds. The highest BCUT2D eigenvalue weighted by Gasteiger charge is 2.42. The summed E-state index contributed by atoms with van der Waals surface area (Å²) in [7, 11) is 1.37. The average molecular weight is 295 g/mol. The van der Waals surface area contributed by atoms with Crippen LogP contribution in [-0.4, -0.2) is 59.3 Å². The molecule has 1 saturated heterocycles. The summed E-state index contributed by atoms with van der Waals surface area (Å²) < 4.78 is 10.1. The molecule has 0 bridgehead atoms. The van der Waals surface area contributed by atoms with Crippen molar-refractivity contribution < 1.29 is 29.6 Å². The van der Waals surface area contributed by atoms with E-state index in [1.165, 1.54) is 25.3 Å². The maximum atomic E-state index is 12.1. The number of phenols is 1. The highest BCUT2D eigenvalue weighted by Crippen LogP contribution is 2.27. The SMILES string of the molecule is [CH][C@@H]1O[C@H](CO)[C@H](O)C1NC(=O)c1ccc(O)c(OC)c1. The number of amides is 1. The maximum Gasteiger partial charge on any atom is 0.251 e. The summed E-state index contributed by atoms with van der Waals surface area (Å²) in [5, 5.41) is 31.0. The third kappa shape index (κ3) is 3.10. The van der Waals surface area contributed by atoms with E-state index in [4.69, 9.17) is 21.5 Å². The number of carbonyl (C=O) groups is 1. The van der Waals surface area contributed by atoms with E-state index < -0.39 is 36.9 Å². The van der Waals surface area contributed by atoms with Crippen molar-refractivity contribution in [3.05, 3.63) is 30.7 Å². The molecule has 1 aliphatic heterocycles. The third-order valence-electron chi connectivity index (χ3n) is 3.35. The van der Waals surface area contributed by atoms with Crippen LogP contribution < -0.4 is 10.1 Å². The molecule has 0 aliphatic carbocycles. The van der Waals surface area contributed by atoms with Crippen molar-refractivity contribution in [1.82, 2.24) is 5.32 Å². The van der Waals surface area contributed by atoms with E-state index in [0.29, 0.717) is 0 Å². The van der Waals surface area contributed by atoms with Gasteiger partial charge in [-0.25, -0.2) is 0 Å². The van der Waals surface area contributed by atoms with Crippen molar-refractivity contribution in [3.8, 4) is 11.5 Å². The minimum Gasteiger partial charge on any atom is -0.504 e. The molecule has 1 aromatic carbocycles. The van der Waals surface area contributed by atoms with Gasteiger partial charge in [-0.2, -0.15) is 0 Å². The lowest BCUT2D eigenvalue weighted by Crippen LogP contribution is -2.47. The first-order valence-corrected chi connectivity index (χ1v) is 6.35. The lowest BCUT2D eigenvalue weighted by molar-refractivity contribution is -0.0114. The Morgan fingerprint density at radius 2 is 2.24 bits per heavy atom. The van der Waals surface area contributed by atoms with E-state index >= 15 is 0 Å². The molecule has 0 spiro atoms. The Bertz CT molecular complexity index is 520. The monoisotopic (exact) mass is 295 g/mol. The number of rotatable bonds is 4. The van der Waals surface area contributed by atoms with Gasteiger partial charge in [-0.3, -0.25) is 4.79 Å². The number of nitrogens with one attached hydrogen (secondary N) is 1. The van der Waals surface area contributed by atoms with Crippen molar-refractivity contribution in [2.75, 3.05) is 13.7 Å². The second-order valence-corrected chi connectivity index (χ2v) is 4.70. The van der Waals surface area contributed by atoms with Crippen LogP contribution in [0.1, 0.15) is 10.4 Å². The number of ether oxygens (including phenoxy) is 2. The number of benzene rings is 1. The number of aromatic hydroxyl groups is 1. The molecule has 7 heteroatoms. The van der Waals surface area contributed by atoms with E-state index in [0.717, 1.165) is 0 Å². The van der Waals surface area contributed by atoms with Gasteiger partial charge in [-0.05, 0) is 25.1 Å². The van der Waals surface area contributed by atoms with Crippen LogP contribution in [0.15, 0.2) is 18.2 Å². The Morgan fingerprint density at radius 1 is 1.52 bits per heavy atom. The van der Waals surface area contributed by atoms with Crippen molar-refractivity contribution in [1.29, 1.82) is 0 Å². The van der Waals surface area contributed by atoms with Crippen molar-refractivity contribution >= 4 is 5.91 Å². The zero-order valence-electron chi connectivity index (χ0n) is 11.4. The van der Waals surface area contributed by atoms with Gasteiger partial charge in [0.05, 0.1) is 25.9 Å². The first kappa shape index (κ1) is 15.6. The Kier molecular flexibility index (Phi) is 4.66. The molecule has 2 radical (unpaired) electrons. The maximum absolute atomic E-state index is 12.1. The van der Waals surface area contributed by atoms with Crippen molar-refractivity contribution in [2.24, 2.45) is 0 Å². The summed E-state index contributed by atoms with van der Waals surface area (Å²) in [6, 6.07) is 3.26. The van der Waals surface area contributed by atoms with Crippen LogP contribution in [0.5, 0.6) is 11.5 Å². The zero-order valence-corrected chi connectivity index (χ0v) is 11.4.